The number of nitrogens with one attached hydrogen (secondary N) is 1. The van der Waals surface area contributed by atoms with E-state index in [1.54, 1.807) is 7.11 Å². The minimum Gasteiger partial charge on any atom is -0.383 e. The van der Waals surface area contributed by atoms with Crippen LogP contribution in [-0.2, 0) is 9.47 Å². The predicted octanol–water partition coefficient (Wildman–Crippen LogP) is 3.38. The highest BCUT2D eigenvalue weighted by molar-refractivity contribution is 5.25. The lowest BCUT2D eigenvalue weighted by atomic mass is 9.94. The summed E-state index contributed by atoms with van der Waals surface area (Å²) in [4.78, 5) is 0. The number of ether oxygens (including phenoxy) is 2. The highest BCUT2D eigenvalue weighted by Crippen LogP contribution is 2.20. The lowest BCUT2D eigenvalue weighted by Gasteiger charge is -2.19. The summed E-state index contributed by atoms with van der Waals surface area (Å²) >= 11 is 0. The highest BCUT2D eigenvalue weighted by atomic mass is 16.5. The van der Waals surface area contributed by atoms with Crippen molar-refractivity contribution in [3.8, 4) is 0 Å². The van der Waals surface area contributed by atoms with Crippen molar-refractivity contribution < 1.29 is 9.47 Å². The van der Waals surface area contributed by atoms with Crippen molar-refractivity contribution in [1.29, 1.82) is 0 Å². The van der Waals surface area contributed by atoms with E-state index >= 15 is 0 Å². The second-order valence-electron chi connectivity index (χ2n) is 6.07. The summed E-state index contributed by atoms with van der Waals surface area (Å²) in [6.07, 6.45) is 1.05. The molecule has 1 aromatic rings. The average Bonchev–Trinajstić information content (AvgIpc) is 2.45. The van der Waals surface area contributed by atoms with E-state index in [9.17, 15) is 0 Å². The molecule has 0 amide bonds. The second-order valence-corrected chi connectivity index (χ2v) is 6.07. The Kier molecular flexibility index (Phi) is 9.31. The van der Waals surface area contributed by atoms with Gasteiger partial charge in [-0.25, -0.2) is 0 Å². The summed E-state index contributed by atoms with van der Waals surface area (Å²) in [6.45, 7) is 10.8. The summed E-state index contributed by atoms with van der Waals surface area (Å²) in [5.74, 6) is 1.09. The SMILES string of the molecule is COCCNCC(CCOCC(C)C)c1cccc(C)c1. The normalized spacial score (nSPS) is 12.8. The molecule has 0 spiro atoms. The van der Waals surface area contributed by atoms with Gasteiger partial charge in [-0.3, -0.25) is 0 Å². The molecule has 0 aliphatic carbocycles. The Morgan fingerprint density at radius 2 is 2.00 bits per heavy atom. The van der Waals surface area contributed by atoms with Crippen molar-refractivity contribution in [1.82, 2.24) is 5.32 Å². The van der Waals surface area contributed by atoms with Crippen molar-refractivity contribution in [2.45, 2.75) is 33.1 Å². The molecule has 0 saturated heterocycles. The van der Waals surface area contributed by atoms with Crippen molar-refractivity contribution in [3.05, 3.63) is 35.4 Å². The van der Waals surface area contributed by atoms with Gasteiger partial charge in [0.05, 0.1) is 6.61 Å². The fourth-order valence-electron chi connectivity index (χ4n) is 2.31. The predicted molar refractivity (Wildman–Crippen MR) is 88.9 cm³/mol. The zero-order chi connectivity index (χ0) is 15.5. The second kappa shape index (κ2) is 10.8. The smallest absolute Gasteiger partial charge is 0.0587 e. The van der Waals surface area contributed by atoms with Crippen molar-refractivity contribution in [2.75, 3.05) is 40.0 Å². The average molecular weight is 293 g/mol. The zero-order valence-electron chi connectivity index (χ0n) is 14.0. The molecule has 0 bridgehead atoms. The zero-order valence-corrected chi connectivity index (χ0v) is 14.0. The fraction of sp³-hybridized carbons (Fsp3) is 0.667. The van der Waals surface area contributed by atoms with Crippen LogP contribution in [0.4, 0.5) is 0 Å². The van der Waals surface area contributed by atoms with E-state index in [2.05, 4.69) is 50.4 Å². The van der Waals surface area contributed by atoms with E-state index in [0.717, 1.165) is 39.3 Å². The first-order chi connectivity index (χ1) is 10.1. The van der Waals surface area contributed by atoms with Crippen LogP contribution in [0.5, 0.6) is 0 Å². The van der Waals surface area contributed by atoms with Crippen LogP contribution in [0.2, 0.25) is 0 Å². The van der Waals surface area contributed by atoms with Gasteiger partial charge in [0.25, 0.3) is 0 Å². The van der Waals surface area contributed by atoms with Gasteiger partial charge in [0.15, 0.2) is 0 Å². The van der Waals surface area contributed by atoms with E-state index in [1.807, 2.05) is 0 Å². The van der Waals surface area contributed by atoms with Crippen LogP contribution in [0.3, 0.4) is 0 Å². The van der Waals surface area contributed by atoms with Crippen molar-refractivity contribution >= 4 is 0 Å². The van der Waals surface area contributed by atoms with Gasteiger partial charge < -0.3 is 14.8 Å². The molecule has 1 N–H and O–H groups in total. The Morgan fingerprint density at radius 1 is 1.19 bits per heavy atom. The Labute approximate surface area is 130 Å². The first kappa shape index (κ1) is 18.1. The maximum Gasteiger partial charge on any atom is 0.0587 e. The van der Waals surface area contributed by atoms with Crippen molar-refractivity contribution in [2.24, 2.45) is 5.92 Å². The molecule has 0 aliphatic rings. The van der Waals surface area contributed by atoms with Crippen LogP contribution in [0.15, 0.2) is 24.3 Å². The van der Waals surface area contributed by atoms with Crippen LogP contribution >= 0.6 is 0 Å². The number of benzene rings is 1. The summed E-state index contributed by atoms with van der Waals surface area (Å²) in [7, 11) is 1.74. The highest BCUT2D eigenvalue weighted by Gasteiger charge is 2.11. The number of methoxy groups -OCH3 is 1. The topological polar surface area (TPSA) is 30.5 Å². The van der Waals surface area contributed by atoms with Crippen LogP contribution in [0.1, 0.15) is 37.3 Å². The van der Waals surface area contributed by atoms with Crippen LogP contribution < -0.4 is 5.32 Å². The van der Waals surface area contributed by atoms with Gasteiger partial charge in [-0.15, -0.1) is 0 Å². The molecule has 1 rings (SSSR count). The fourth-order valence-corrected chi connectivity index (χ4v) is 2.31. The molecular weight excluding hydrogens is 262 g/mol. The van der Waals surface area contributed by atoms with Gasteiger partial charge in [0, 0.05) is 33.4 Å². The lowest BCUT2D eigenvalue weighted by molar-refractivity contribution is 0.103. The largest absolute Gasteiger partial charge is 0.383 e. The van der Waals surface area contributed by atoms with E-state index in [1.165, 1.54) is 11.1 Å². The quantitative estimate of drug-likeness (QED) is 0.635. The molecule has 0 fully saturated rings. The van der Waals surface area contributed by atoms with Crippen LogP contribution in [0, 0.1) is 12.8 Å². The summed E-state index contributed by atoms with van der Waals surface area (Å²) in [6, 6.07) is 8.79. The molecule has 3 heteroatoms. The Hall–Kier alpha value is -0.900. The molecule has 21 heavy (non-hydrogen) atoms. The number of hydrogen-bond donors (Lipinski definition) is 1. The molecule has 1 aromatic carbocycles. The summed E-state index contributed by atoms with van der Waals surface area (Å²) in [5.41, 5.74) is 2.71. The Morgan fingerprint density at radius 3 is 2.67 bits per heavy atom. The monoisotopic (exact) mass is 293 g/mol. The van der Waals surface area contributed by atoms with Crippen LogP contribution in [0.25, 0.3) is 0 Å². The molecule has 120 valence electrons. The van der Waals surface area contributed by atoms with E-state index in [0.29, 0.717) is 11.8 Å². The Bertz CT molecular complexity index is 379. The summed E-state index contributed by atoms with van der Waals surface area (Å²) < 4.78 is 10.8. The van der Waals surface area contributed by atoms with Crippen molar-refractivity contribution in [3.63, 3.8) is 0 Å². The third-order valence-corrected chi connectivity index (χ3v) is 3.45. The van der Waals surface area contributed by atoms with Gasteiger partial charge in [-0.1, -0.05) is 43.7 Å². The molecule has 0 radical (unpaired) electrons. The first-order valence-electron chi connectivity index (χ1n) is 7.97. The number of rotatable bonds is 11. The molecular formula is C18H31NO2. The Balaban J connectivity index is 2.49. The van der Waals surface area contributed by atoms with E-state index in [4.69, 9.17) is 9.47 Å². The summed E-state index contributed by atoms with van der Waals surface area (Å²) in [5, 5.41) is 3.47. The molecule has 3 nitrogen and oxygen atoms in total. The molecule has 0 saturated carbocycles. The standard InChI is InChI=1S/C18H31NO2/c1-15(2)14-21-10-8-18(13-19-9-11-20-4)17-7-5-6-16(3)12-17/h5-7,12,15,18-19H,8-11,13-14H2,1-4H3. The molecule has 0 heterocycles. The van der Waals surface area contributed by atoms with Gasteiger partial charge >= 0.3 is 0 Å². The number of hydrogen-bond acceptors (Lipinski definition) is 3. The third kappa shape index (κ3) is 8.20. The number of aryl methyl sites for hydroxylation is 1. The lowest BCUT2D eigenvalue weighted by Crippen LogP contribution is -2.26. The third-order valence-electron chi connectivity index (χ3n) is 3.45. The van der Waals surface area contributed by atoms with Crippen LogP contribution in [-0.4, -0.2) is 40.0 Å². The molecule has 0 aliphatic heterocycles. The minimum absolute atomic E-state index is 0.494. The molecule has 1 atom stereocenters. The van der Waals surface area contributed by atoms with E-state index < -0.39 is 0 Å². The molecule has 1 unspecified atom stereocenters. The molecule has 0 aromatic heterocycles. The maximum atomic E-state index is 5.75. The van der Waals surface area contributed by atoms with Gasteiger partial charge in [-0.05, 0) is 30.7 Å². The van der Waals surface area contributed by atoms with Gasteiger partial charge in [0.1, 0.15) is 0 Å². The maximum absolute atomic E-state index is 5.75. The van der Waals surface area contributed by atoms with Gasteiger partial charge in [-0.2, -0.15) is 0 Å². The van der Waals surface area contributed by atoms with E-state index in [-0.39, 0.29) is 0 Å². The minimum atomic E-state index is 0.494. The first-order valence-corrected chi connectivity index (χ1v) is 7.97. The van der Waals surface area contributed by atoms with Gasteiger partial charge in [0.2, 0.25) is 0 Å².